The van der Waals surface area contributed by atoms with Gasteiger partial charge in [0.15, 0.2) is 0 Å². The number of nitrogens with one attached hydrogen (secondary N) is 1. The molecule has 0 aliphatic rings. The van der Waals surface area contributed by atoms with Crippen LogP contribution in [0.1, 0.15) is 21.5 Å². The molecule has 0 aliphatic carbocycles. The van der Waals surface area contributed by atoms with Gasteiger partial charge in [-0.05, 0) is 37.1 Å². The van der Waals surface area contributed by atoms with Gasteiger partial charge in [0, 0.05) is 6.54 Å². The van der Waals surface area contributed by atoms with E-state index in [9.17, 15) is 14.3 Å². The van der Waals surface area contributed by atoms with Crippen LogP contribution in [0.5, 0.6) is 5.75 Å². The Morgan fingerprint density at radius 1 is 1.17 bits per heavy atom. The maximum atomic E-state index is 13.5. The number of rotatable bonds is 6. The summed E-state index contributed by atoms with van der Waals surface area (Å²) in [6.45, 7) is 3.88. The van der Waals surface area contributed by atoms with Crippen LogP contribution in [-0.4, -0.2) is 30.3 Å². The van der Waals surface area contributed by atoms with Crippen LogP contribution in [-0.2, 0) is 0 Å². The van der Waals surface area contributed by atoms with Crippen LogP contribution >= 0.6 is 0 Å². The van der Waals surface area contributed by atoms with Crippen LogP contribution in [0.25, 0.3) is 0 Å². The summed E-state index contributed by atoms with van der Waals surface area (Å²) in [5, 5.41) is 12.4. The van der Waals surface area contributed by atoms with Gasteiger partial charge in [-0.15, -0.1) is 0 Å². The third kappa shape index (κ3) is 4.53. The topological polar surface area (TPSA) is 58.6 Å². The van der Waals surface area contributed by atoms with Crippen molar-refractivity contribution in [2.45, 2.75) is 20.0 Å². The highest BCUT2D eigenvalue weighted by Gasteiger charge is 2.13. The van der Waals surface area contributed by atoms with E-state index >= 15 is 0 Å². The molecule has 0 saturated heterocycles. The van der Waals surface area contributed by atoms with Crippen molar-refractivity contribution >= 4 is 5.91 Å². The fourth-order valence-electron chi connectivity index (χ4n) is 2.22. The average Bonchev–Trinajstić information content (AvgIpc) is 2.52. The van der Waals surface area contributed by atoms with E-state index in [1.807, 2.05) is 32.0 Å². The number of hydrogen-bond acceptors (Lipinski definition) is 3. The monoisotopic (exact) mass is 317 g/mol. The molecule has 1 amide bonds. The molecule has 0 unspecified atom stereocenters. The maximum Gasteiger partial charge on any atom is 0.254 e. The molecule has 0 radical (unpaired) electrons. The Labute approximate surface area is 134 Å². The molecule has 1 atom stereocenters. The number of aliphatic hydroxyl groups excluding tert-OH is 1. The predicted octanol–water partition coefficient (Wildman–Crippen LogP) is 2.61. The molecule has 2 N–H and O–H groups in total. The minimum absolute atomic E-state index is 0.0158. The van der Waals surface area contributed by atoms with Crippen molar-refractivity contribution in [2.75, 3.05) is 13.2 Å². The first-order chi connectivity index (χ1) is 11.0. The molecule has 2 aromatic rings. The number of ether oxygens (including phenoxy) is 1. The van der Waals surface area contributed by atoms with Gasteiger partial charge < -0.3 is 15.2 Å². The zero-order valence-electron chi connectivity index (χ0n) is 13.2. The lowest BCUT2D eigenvalue weighted by atomic mass is 10.1. The first-order valence-corrected chi connectivity index (χ1v) is 7.39. The molecule has 0 aliphatic heterocycles. The van der Waals surface area contributed by atoms with Crippen molar-refractivity contribution in [2.24, 2.45) is 0 Å². The van der Waals surface area contributed by atoms with Gasteiger partial charge in [0.25, 0.3) is 5.91 Å². The third-order valence-corrected chi connectivity index (χ3v) is 3.45. The largest absolute Gasteiger partial charge is 0.490 e. The number of para-hydroxylation sites is 1. The fourth-order valence-corrected chi connectivity index (χ4v) is 2.22. The molecule has 0 saturated carbocycles. The van der Waals surface area contributed by atoms with Crippen molar-refractivity contribution in [1.82, 2.24) is 5.32 Å². The number of halogens is 1. The minimum atomic E-state index is -0.885. The number of carbonyl (C=O) groups is 1. The summed E-state index contributed by atoms with van der Waals surface area (Å²) in [5.41, 5.74) is 1.91. The zero-order chi connectivity index (χ0) is 16.8. The predicted molar refractivity (Wildman–Crippen MR) is 86.2 cm³/mol. The van der Waals surface area contributed by atoms with Gasteiger partial charge in [0.05, 0.1) is 5.56 Å². The summed E-state index contributed by atoms with van der Waals surface area (Å²) >= 11 is 0. The van der Waals surface area contributed by atoms with E-state index in [1.165, 1.54) is 18.2 Å². The first-order valence-electron chi connectivity index (χ1n) is 7.39. The molecule has 0 aromatic heterocycles. The fraction of sp³-hybridized carbons (Fsp3) is 0.278. The Bertz CT molecular complexity index is 667. The lowest BCUT2D eigenvalue weighted by molar-refractivity contribution is 0.0838. The maximum absolute atomic E-state index is 13.5. The molecule has 0 fully saturated rings. The van der Waals surface area contributed by atoms with Gasteiger partial charge in [-0.25, -0.2) is 4.39 Å². The van der Waals surface area contributed by atoms with E-state index < -0.39 is 17.8 Å². The summed E-state index contributed by atoms with van der Waals surface area (Å²) in [4.78, 5) is 11.8. The molecule has 122 valence electrons. The second-order valence-electron chi connectivity index (χ2n) is 5.38. The third-order valence-electron chi connectivity index (χ3n) is 3.45. The Morgan fingerprint density at radius 2 is 1.83 bits per heavy atom. The minimum Gasteiger partial charge on any atom is -0.490 e. The van der Waals surface area contributed by atoms with Crippen molar-refractivity contribution in [1.29, 1.82) is 0 Å². The molecule has 2 rings (SSSR count). The first kappa shape index (κ1) is 17.0. The van der Waals surface area contributed by atoms with Gasteiger partial charge in [-0.2, -0.15) is 0 Å². The van der Waals surface area contributed by atoms with Gasteiger partial charge in [-0.1, -0.05) is 30.3 Å². The lowest BCUT2D eigenvalue weighted by Gasteiger charge is -2.16. The molecular weight excluding hydrogens is 297 g/mol. The Hall–Kier alpha value is -2.40. The summed E-state index contributed by atoms with van der Waals surface area (Å²) in [6.07, 6.45) is -0.885. The van der Waals surface area contributed by atoms with E-state index in [-0.39, 0.29) is 18.7 Å². The van der Waals surface area contributed by atoms with E-state index in [1.54, 1.807) is 6.07 Å². The highest BCUT2D eigenvalue weighted by Crippen LogP contribution is 2.22. The van der Waals surface area contributed by atoms with Gasteiger partial charge in [0.2, 0.25) is 0 Å². The summed E-state index contributed by atoms with van der Waals surface area (Å²) in [7, 11) is 0. The molecule has 0 heterocycles. The Balaban J connectivity index is 1.85. The number of amides is 1. The number of aryl methyl sites for hydroxylation is 2. The molecule has 0 spiro atoms. The lowest BCUT2D eigenvalue weighted by Crippen LogP contribution is -2.35. The summed E-state index contributed by atoms with van der Waals surface area (Å²) in [5.74, 6) is -0.424. The van der Waals surface area contributed by atoms with Gasteiger partial charge in [0.1, 0.15) is 24.3 Å². The van der Waals surface area contributed by atoms with Crippen LogP contribution in [0.15, 0.2) is 42.5 Å². The van der Waals surface area contributed by atoms with E-state index in [0.717, 1.165) is 16.9 Å². The van der Waals surface area contributed by atoms with Gasteiger partial charge in [-0.3, -0.25) is 4.79 Å². The van der Waals surface area contributed by atoms with Crippen LogP contribution in [0.3, 0.4) is 0 Å². The molecule has 2 aromatic carbocycles. The highest BCUT2D eigenvalue weighted by atomic mass is 19.1. The van der Waals surface area contributed by atoms with Crippen LogP contribution < -0.4 is 10.1 Å². The molecule has 23 heavy (non-hydrogen) atoms. The van der Waals surface area contributed by atoms with E-state index in [4.69, 9.17) is 4.74 Å². The van der Waals surface area contributed by atoms with E-state index in [0.29, 0.717) is 0 Å². The van der Waals surface area contributed by atoms with Crippen molar-refractivity contribution in [3.05, 3.63) is 65.0 Å². The Kier molecular flexibility index (Phi) is 5.71. The van der Waals surface area contributed by atoms with Crippen molar-refractivity contribution < 1.29 is 19.0 Å². The molecular formula is C18H20FNO3. The smallest absolute Gasteiger partial charge is 0.254 e. The summed E-state index contributed by atoms with van der Waals surface area (Å²) in [6, 6.07) is 11.5. The average molecular weight is 317 g/mol. The second-order valence-corrected chi connectivity index (χ2v) is 5.38. The standard InChI is InChI=1S/C18H20FNO3/c1-12-6-5-7-13(2)17(12)23-11-14(21)10-20-18(22)15-8-3-4-9-16(15)19/h3-9,14,21H,10-11H2,1-2H3,(H,20,22)/t14-/m0/s1. The number of carbonyl (C=O) groups excluding carboxylic acids is 1. The highest BCUT2D eigenvalue weighted by molar-refractivity contribution is 5.94. The molecule has 5 heteroatoms. The molecule has 0 bridgehead atoms. The van der Waals surface area contributed by atoms with Crippen LogP contribution in [0.4, 0.5) is 4.39 Å². The normalized spacial score (nSPS) is 11.8. The van der Waals surface area contributed by atoms with Gasteiger partial charge >= 0.3 is 0 Å². The summed E-state index contributed by atoms with van der Waals surface area (Å²) < 4.78 is 19.1. The van der Waals surface area contributed by atoms with Crippen molar-refractivity contribution in [3.8, 4) is 5.75 Å². The second kappa shape index (κ2) is 7.74. The number of aliphatic hydroxyl groups is 1. The number of hydrogen-bond donors (Lipinski definition) is 2. The van der Waals surface area contributed by atoms with E-state index in [2.05, 4.69) is 5.32 Å². The SMILES string of the molecule is Cc1cccc(C)c1OC[C@@H](O)CNC(=O)c1ccccc1F. The zero-order valence-corrected chi connectivity index (χ0v) is 13.2. The number of benzene rings is 2. The Morgan fingerprint density at radius 3 is 2.48 bits per heavy atom. The van der Waals surface area contributed by atoms with Crippen molar-refractivity contribution in [3.63, 3.8) is 0 Å². The molecule has 4 nitrogen and oxygen atoms in total. The quantitative estimate of drug-likeness (QED) is 0.861. The van der Waals surface area contributed by atoms with Crippen LogP contribution in [0.2, 0.25) is 0 Å². The van der Waals surface area contributed by atoms with Crippen LogP contribution in [0, 0.1) is 19.7 Å².